The average molecular weight is 343 g/mol. The van der Waals surface area contributed by atoms with E-state index in [1.165, 1.54) is 89.9 Å². The van der Waals surface area contributed by atoms with Crippen molar-refractivity contribution in [2.24, 2.45) is 5.92 Å². The smallest absolute Gasteiger partial charge is 0.450 e. The highest BCUT2D eigenvalue weighted by Crippen LogP contribution is 2.20. The molecule has 1 atom stereocenters. The molecule has 0 fully saturated rings. The van der Waals surface area contributed by atoms with Crippen LogP contribution in [0.3, 0.4) is 0 Å². The van der Waals surface area contributed by atoms with Crippen molar-refractivity contribution >= 4 is 6.16 Å². The molecule has 0 aliphatic heterocycles. The Morgan fingerprint density at radius 3 is 1.46 bits per heavy atom. The van der Waals surface area contributed by atoms with Crippen molar-refractivity contribution in [2.45, 2.75) is 117 Å². The Kier molecular flexibility index (Phi) is 18.0. The summed E-state index contributed by atoms with van der Waals surface area (Å²) in [5.41, 5.74) is 0. The van der Waals surface area contributed by atoms with Crippen LogP contribution in [0.15, 0.2) is 0 Å². The second-order valence-electron chi connectivity index (χ2n) is 7.26. The summed E-state index contributed by atoms with van der Waals surface area (Å²) in [6, 6.07) is 0. The van der Waals surface area contributed by atoms with E-state index in [4.69, 9.17) is 9.84 Å². The van der Waals surface area contributed by atoms with Gasteiger partial charge in [0, 0.05) is 0 Å². The summed E-state index contributed by atoms with van der Waals surface area (Å²) >= 11 is 0. The molecule has 0 amide bonds. The minimum Gasteiger partial charge on any atom is -0.450 e. The van der Waals surface area contributed by atoms with Gasteiger partial charge in [-0.1, -0.05) is 104 Å². The summed E-state index contributed by atoms with van der Waals surface area (Å²) < 4.78 is 4.84. The first kappa shape index (κ1) is 23.3. The van der Waals surface area contributed by atoms with Crippen LogP contribution in [0.4, 0.5) is 4.79 Å². The first-order chi connectivity index (χ1) is 11.7. The van der Waals surface area contributed by atoms with Gasteiger partial charge in [0.25, 0.3) is 0 Å². The number of carboxylic acid groups (broad SMARTS) is 1. The fourth-order valence-electron chi connectivity index (χ4n) is 3.28. The minimum absolute atomic E-state index is 0.390. The van der Waals surface area contributed by atoms with E-state index in [2.05, 4.69) is 13.8 Å². The molecule has 0 aliphatic rings. The summed E-state index contributed by atoms with van der Waals surface area (Å²) in [5, 5.41) is 8.72. The molecule has 1 N–H and O–H groups in total. The van der Waals surface area contributed by atoms with Crippen LogP contribution in [0.1, 0.15) is 117 Å². The summed E-state index contributed by atoms with van der Waals surface area (Å²) in [4.78, 5) is 10.6. The third kappa shape index (κ3) is 17.6. The summed E-state index contributed by atoms with van der Waals surface area (Å²) in [6.45, 7) is 4.88. The maximum atomic E-state index is 10.6. The molecule has 0 rings (SSSR count). The van der Waals surface area contributed by atoms with Crippen molar-refractivity contribution < 1.29 is 14.6 Å². The van der Waals surface area contributed by atoms with E-state index in [0.29, 0.717) is 12.5 Å². The van der Waals surface area contributed by atoms with E-state index in [1.54, 1.807) is 0 Å². The van der Waals surface area contributed by atoms with Gasteiger partial charge in [0.2, 0.25) is 0 Å². The predicted molar refractivity (Wildman–Crippen MR) is 103 cm³/mol. The van der Waals surface area contributed by atoms with Crippen LogP contribution in [0.2, 0.25) is 0 Å². The molecule has 0 aromatic rings. The monoisotopic (exact) mass is 342 g/mol. The lowest BCUT2D eigenvalue weighted by atomic mass is 9.94. The second-order valence-corrected chi connectivity index (χ2v) is 7.26. The highest BCUT2D eigenvalue weighted by atomic mass is 16.7. The Bertz CT molecular complexity index is 266. The predicted octanol–water partition coefficient (Wildman–Crippen LogP) is 7.58. The zero-order chi connectivity index (χ0) is 17.9. The van der Waals surface area contributed by atoms with Crippen LogP contribution in [-0.2, 0) is 4.74 Å². The van der Waals surface area contributed by atoms with E-state index in [1.807, 2.05) is 0 Å². The molecule has 144 valence electrons. The Balaban J connectivity index is 3.69. The Morgan fingerprint density at radius 2 is 1.08 bits per heavy atom. The molecule has 0 saturated heterocycles. The van der Waals surface area contributed by atoms with Crippen molar-refractivity contribution in [3.05, 3.63) is 0 Å². The molecule has 0 aliphatic carbocycles. The maximum absolute atomic E-state index is 10.6. The van der Waals surface area contributed by atoms with Gasteiger partial charge in [0.15, 0.2) is 0 Å². The van der Waals surface area contributed by atoms with Crippen molar-refractivity contribution in [1.29, 1.82) is 0 Å². The lowest BCUT2D eigenvalue weighted by Gasteiger charge is -2.16. The minimum atomic E-state index is -1.13. The molecule has 3 heteroatoms. The van der Waals surface area contributed by atoms with E-state index < -0.39 is 6.16 Å². The van der Waals surface area contributed by atoms with Crippen LogP contribution in [0.25, 0.3) is 0 Å². The zero-order valence-electron chi connectivity index (χ0n) is 16.4. The number of hydrogen-bond donors (Lipinski definition) is 1. The number of ether oxygens (including phenoxy) is 1. The van der Waals surface area contributed by atoms with Gasteiger partial charge in [-0.3, -0.25) is 0 Å². The molecule has 3 nitrogen and oxygen atoms in total. The number of carbonyl (C=O) groups is 1. The molecule has 0 radical (unpaired) electrons. The van der Waals surface area contributed by atoms with Crippen molar-refractivity contribution in [1.82, 2.24) is 0 Å². The van der Waals surface area contributed by atoms with Gasteiger partial charge in [-0.05, 0) is 18.8 Å². The largest absolute Gasteiger partial charge is 0.505 e. The Morgan fingerprint density at radius 1 is 0.708 bits per heavy atom. The Labute approximate surface area is 150 Å². The first-order valence-electron chi connectivity index (χ1n) is 10.6. The number of hydrogen-bond acceptors (Lipinski definition) is 2. The highest BCUT2D eigenvalue weighted by Gasteiger charge is 2.11. The summed E-state index contributed by atoms with van der Waals surface area (Å²) in [7, 11) is 0. The molecular formula is C21H42O3. The molecule has 0 heterocycles. The Hall–Kier alpha value is -0.730. The van der Waals surface area contributed by atoms with E-state index in [9.17, 15) is 4.79 Å². The van der Waals surface area contributed by atoms with E-state index >= 15 is 0 Å². The van der Waals surface area contributed by atoms with Crippen LogP contribution >= 0.6 is 0 Å². The third-order valence-corrected chi connectivity index (χ3v) is 4.87. The van der Waals surface area contributed by atoms with Crippen LogP contribution in [0, 0.1) is 5.92 Å². The van der Waals surface area contributed by atoms with E-state index in [-0.39, 0.29) is 0 Å². The molecule has 0 aromatic heterocycles. The summed E-state index contributed by atoms with van der Waals surface area (Å²) in [5.74, 6) is 0.423. The number of unbranched alkanes of at least 4 members (excludes halogenated alkanes) is 12. The molecule has 0 saturated carbocycles. The summed E-state index contributed by atoms with van der Waals surface area (Å²) in [6.07, 6.45) is 19.5. The van der Waals surface area contributed by atoms with Gasteiger partial charge in [-0.15, -0.1) is 0 Å². The van der Waals surface area contributed by atoms with Gasteiger partial charge < -0.3 is 9.84 Å². The first-order valence-corrected chi connectivity index (χ1v) is 10.6. The normalized spacial score (nSPS) is 12.2. The molecule has 0 bridgehead atoms. The molecular weight excluding hydrogens is 300 g/mol. The lowest BCUT2D eigenvalue weighted by Crippen LogP contribution is -2.13. The van der Waals surface area contributed by atoms with Crippen molar-refractivity contribution in [3.8, 4) is 0 Å². The van der Waals surface area contributed by atoms with Gasteiger partial charge in [-0.2, -0.15) is 0 Å². The fourth-order valence-corrected chi connectivity index (χ4v) is 3.28. The standard InChI is InChI=1S/C21H42O3/c1-3-5-7-9-11-12-14-16-18-20(19-24-21(22)23)17-15-13-10-8-6-4-2/h20H,3-19H2,1-2H3,(H,22,23). The van der Waals surface area contributed by atoms with Crippen molar-refractivity contribution in [3.63, 3.8) is 0 Å². The van der Waals surface area contributed by atoms with Crippen LogP contribution in [-0.4, -0.2) is 17.9 Å². The number of rotatable bonds is 18. The lowest BCUT2D eigenvalue weighted by molar-refractivity contribution is 0.0730. The SMILES string of the molecule is CCCCCCCCCCC(CCCCCCCC)COC(=O)O. The molecule has 24 heavy (non-hydrogen) atoms. The van der Waals surface area contributed by atoms with Crippen LogP contribution < -0.4 is 0 Å². The van der Waals surface area contributed by atoms with Crippen LogP contribution in [0.5, 0.6) is 0 Å². The second kappa shape index (κ2) is 18.6. The highest BCUT2D eigenvalue weighted by molar-refractivity contribution is 5.56. The van der Waals surface area contributed by atoms with Gasteiger partial charge in [-0.25, -0.2) is 4.79 Å². The fraction of sp³-hybridized carbons (Fsp3) is 0.952. The molecule has 0 spiro atoms. The van der Waals surface area contributed by atoms with Gasteiger partial charge in [0.05, 0.1) is 6.61 Å². The van der Waals surface area contributed by atoms with Gasteiger partial charge >= 0.3 is 6.16 Å². The third-order valence-electron chi connectivity index (χ3n) is 4.87. The van der Waals surface area contributed by atoms with Gasteiger partial charge in [0.1, 0.15) is 0 Å². The molecule has 1 unspecified atom stereocenters. The zero-order valence-corrected chi connectivity index (χ0v) is 16.4. The van der Waals surface area contributed by atoms with E-state index in [0.717, 1.165) is 12.8 Å². The molecule has 0 aromatic carbocycles. The average Bonchev–Trinajstić information content (AvgIpc) is 2.57. The van der Waals surface area contributed by atoms with Crippen molar-refractivity contribution in [2.75, 3.05) is 6.61 Å². The quantitative estimate of drug-likeness (QED) is 0.206. The topological polar surface area (TPSA) is 46.5 Å². The maximum Gasteiger partial charge on any atom is 0.505 e.